The van der Waals surface area contributed by atoms with Crippen LogP contribution in [0.15, 0.2) is 12.3 Å². The predicted octanol–water partition coefficient (Wildman–Crippen LogP) is 2.77. The summed E-state index contributed by atoms with van der Waals surface area (Å²) in [5, 5.41) is -0.319. The number of aryl methyl sites for hydroxylation is 1. The first-order valence-electron chi connectivity index (χ1n) is 6.02. The van der Waals surface area contributed by atoms with Crippen LogP contribution in [-0.4, -0.2) is 27.6 Å². The van der Waals surface area contributed by atoms with Crippen LogP contribution in [0.3, 0.4) is 0 Å². The molecule has 0 bridgehead atoms. The number of alkyl halides is 1. The van der Waals surface area contributed by atoms with E-state index in [2.05, 4.69) is 9.97 Å². The molecule has 0 amide bonds. The van der Waals surface area contributed by atoms with Gasteiger partial charge in [-0.3, -0.25) is 4.57 Å². The summed E-state index contributed by atoms with van der Waals surface area (Å²) in [7, 11) is 1.36. The molecule has 0 radical (unpaired) electrons. The van der Waals surface area contributed by atoms with Crippen molar-refractivity contribution in [3.05, 3.63) is 23.7 Å². The Bertz CT molecular complexity index is 622. The normalized spacial score (nSPS) is 14.4. The zero-order valence-electron chi connectivity index (χ0n) is 11.3. The molecule has 0 N–H and O–H groups in total. The lowest BCUT2D eigenvalue weighted by molar-refractivity contribution is -0.144. The number of hydrogen-bond acceptors (Lipinski definition) is 4. The highest BCUT2D eigenvalue weighted by atomic mass is 35.5. The molecule has 2 unspecified atom stereocenters. The first kappa shape index (κ1) is 13.8. The van der Waals surface area contributed by atoms with Crippen molar-refractivity contribution < 1.29 is 9.53 Å². The number of imidazole rings is 1. The highest BCUT2D eigenvalue weighted by Gasteiger charge is 2.25. The number of methoxy groups -OCH3 is 1. The zero-order valence-corrected chi connectivity index (χ0v) is 12.1. The summed E-state index contributed by atoms with van der Waals surface area (Å²) in [6.45, 7) is 5.52. The monoisotopic (exact) mass is 281 g/mol. The molecule has 0 fully saturated rings. The van der Waals surface area contributed by atoms with Gasteiger partial charge in [0.25, 0.3) is 0 Å². The third kappa shape index (κ3) is 2.30. The number of ether oxygens (including phenoxy) is 1. The fourth-order valence-electron chi connectivity index (χ4n) is 2.07. The molecule has 0 aliphatic rings. The molecule has 0 aliphatic heterocycles. The molecular weight excluding hydrogens is 266 g/mol. The number of fused-ring (bicyclic) bond motifs is 1. The number of esters is 1. The van der Waals surface area contributed by atoms with Gasteiger partial charge in [0.05, 0.1) is 12.5 Å². The molecule has 19 heavy (non-hydrogen) atoms. The number of carbonyl (C=O) groups excluding carboxylic acids is 1. The maximum atomic E-state index is 11.8. The van der Waals surface area contributed by atoms with Crippen molar-refractivity contribution in [1.82, 2.24) is 14.5 Å². The Balaban J connectivity index is 2.72. The Hall–Kier alpha value is -1.62. The molecule has 0 spiro atoms. The van der Waals surface area contributed by atoms with E-state index >= 15 is 0 Å². The lowest BCUT2D eigenvalue weighted by Gasteiger charge is -2.15. The highest BCUT2D eigenvalue weighted by Crippen LogP contribution is 2.28. The second kappa shape index (κ2) is 5.17. The molecule has 0 saturated carbocycles. The largest absolute Gasteiger partial charge is 0.467 e. The van der Waals surface area contributed by atoms with Crippen LogP contribution >= 0.6 is 11.6 Å². The van der Waals surface area contributed by atoms with Crippen molar-refractivity contribution in [1.29, 1.82) is 0 Å². The van der Waals surface area contributed by atoms with Crippen LogP contribution in [0, 0.1) is 6.92 Å². The third-order valence-electron chi connectivity index (χ3n) is 3.09. The molecule has 5 nitrogen and oxygen atoms in total. The maximum Gasteiger partial charge on any atom is 0.328 e. The fourth-order valence-corrected chi connectivity index (χ4v) is 2.22. The van der Waals surface area contributed by atoms with E-state index < -0.39 is 6.04 Å². The van der Waals surface area contributed by atoms with Crippen LogP contribution in [0.2, 0.25) is 0 Å². The summed E-state index contributed by atoms with van der Waals surface area (Å²) >= 11 is 6.16. The van der Waals surface area contributed by atoms with Crippen molar-refractivity contribution in [3.8, 4) is 0 Å². The van der Waals surface area contributed by atoms with Crippen LogP contribution in [0.25, 0.3) is 11.2 Å². The predicted molar refractivity (Wildman–Crippen MR) is 73.3 cm³/mol. The highest BCUT2D eigenvalue weighted by molar-refractivity contribution is 6.20. The minimum absolute atomic E-state index is 0.319. The molecule has 0 saturated heterocycles. The average Bonchev–Trinajstić information content (AvgIpc) is 2.78. The molecule has 6 heteroatoms. The van der Waals surface area contributed by atoms with Crippen molar-refractivity contribution in [2.45, 2.75) is 32.2 Å². The quantitative estimate of drug-likeness (QED) is 0.641. The zero-order chi connectivity index (χ0) is 14.2. The molecule has 2 rings (SSSR count). The molecule has 2 heterocycles. The van der Waals surface area contributed by atoms with E-state index in [1.54, 1.807) is 17.7 Å². The lowest BCUT2D eigenvalue weighted by atomic mass is 10.2. The van der Waals surface area contributed by atoms with Crippen LogP contribution in [0.1, 0.15) is 36.7 Å². The number of nitrogens with zero attached hydrogens (tertiary/aromatic N) is 3. The molecule has 2 aromatic heterocycles. The van der Waals surface area contributed by atoms with Crippen LogP contribution in [0.5, 0.6) is 0 Å². The van der Waals surface area contributed by atoms with Gasteiger partial charge >= 0.3 is 5.97 Å². The molecule has 0 aromatic carbocycles. The van der Waals surface area contributed by atoms with E-state index in [-0.39, 0.29) is 11.3 Å². The molecular formula is C13H16ClN3O2. The molecule has 0 aliphatic carbocycles. The number of rotatable bonds is 3. The summed E-state index contributed by atoms with van der Waals surface area (Å²) in [6.07, 6.45) is 1.70. The Morgan fingerprint density at radius 1 is 1.47 bits per heavy atom. The second-order valence-corrected chi connectivity index (χ2v) is 5.11. The number of halogens is 1. The van der Waals surface area contributed by atoms with E-state index in [1.165, 1.54) is 7.11 Å². The van der Waals surface area contributed by atoms with Gasteiger partial charge in [-0.05, 0) is 32.4 Å². The van der Waals surface area contributed by atoms with Crippen molar-refractivity contribution in [2.75, 3.05) is 7.11 Å². The minimum Gasteiger partial charge on any atom is -0.467 e. The van der Waals surface area contributed by atoms with E-state index in [9.17, 15) is 4.79 Å². The lowest BCUT2D eigenvalue weighted by Crippen LogP contribution is -2.20. The smallest absolute Gasteiger partial charge is 0.328 e. The molecule has 2 aromatic rings. The first-order chi connectivity index (χ1) is 8.97. The molecule has 102 valence electrons. The third-order valence-corrected chi connectivity index (χ3v) is 3.29. The first-order valence-corrected chi connectivity index (χ1v) is 6.46. The van der Waals surface area contributed by atoms with Crippen LogP contribution in [-0.2, 0) is 9.53 Å². The number of aromatic nitrogens is 3. The summed E-state index contributed by atoms with van der Waals surface area (Å²) in [6, 6.07) is 1.37. The summed E-state index contributed by atoms with van der Waals surface area (Å²) in [5.74, 6) is 0.275. The van der Waals surface area contributed by atoms with E-state index in [4.69, 9.17) is 16.3 Å². The van der Waals surface area contributed by atoms with E-state index in [0.29, 0.717) is 11.5 Å². The van der Waals surface area contributed by atoms with Crippen LogP contribution < -0.4 is 0 Å². The van der Waals surface area contributed by atoms with Crippen molar-refractivity contribution >= 4 is 28.7 Å². The fraction of sp³-hybridized carbons (Fsp3) is 0.462. The number of hydrogen-bond donors (Lipinski definition) is 0. The van der Waals surface area contributed by atoms with E-state index in [0.717, 1.165) is 11.1 Å². The van der Waals surface area contributed by atoms with Gasteiger partial charge in [0.1, 0.15) is 17.4 Å². The van der Waals surface area contributed by atoms with Crippen molar-refractivity contribution in [3.63, 3.8) is 0 Å². The van der Waals surface area contributed by atoms with Crippen molar-refractivity contribution in [2.24, 2.45) is 0 Å². The van der Waals surface area contributed by atoms with Gasteiger partial charge in [-0.1, -0.05) is 0 Å². The SMILES string of the molecule is COC(=O)C(C)n1c(C(C)Cl)nc2c(C)ccnc21. The summed E-state index contributed by atoms with van der Waals surface area (Å²) in [5.41, 5.74) is 2.42. The van der Waals surface area contributed by atoms with Gasteiger partial charge in [0, 0.05) is 6.20 Å². The Morgan fingerprint density at radius 3 is 2.74 bits per heavy atom. The number of carbonyl (C=O) groups is 1. The standard InChI is InChI=1S/C13H16ClN3O2/c1-7-5-6-15-12-10(7)16-11(8(2)14)17(12)9(3)13(18)19-4/h5-6,8-9H,1-4H3. The van der Waals surface area contributed by atoms with Gasteiger partial charge in [0.2, 0.25) is 0 Å². The second-order valence-electron chi connectivity index (χ2n) is 4.46. The van der Waals surface area contributed by atoms with Gasteiger partial charge in [-0.2, -0.15) is 0 Å². The topological polar surface area (TPSA) is 57.0 Å². The van der Waals surface area contributed by atoms with Gasteiger partial charge in [0.15, 0.2) is 5.65 Å². The van der Waals surface area contributed by atoms with Gasteiger partial charge in [-0.25, -0.2) is 14.8 Å². The Kier molecular flexibility index (Phi) is 3.75. The van der Waals surface area contributed by atoms with E-state index in [1.807, 2.05) is 19.9 Å². The van der Waals surface area contributed by atoms with Gasteiger partial charge in [-0.15, -0.1) is 11.6 Å². The summed E-state index contributed by atoms with van der Waals surface area (Å²) in [4.78, 5) is 20.6. The Morgan fingerprint density at radius 2 is 2.16 bits per heavy atom. The molecule has 2 atom stereocenters. The maximum absolute atomic E-state index is 11.8. The minimum atomic E-state index is -0.513. The summed E-state index contributed by atoms with van der Waals surface area (Å²) < 4.78 is 6.53. The van der Waals surface area contributed by atoms with Crippen LogP contribution in [0.4, 0.5) is 0 Å². The Labute approximate surface area is 116 Å². The number of pyridine rings is 1. The van der Waals surface area contributed by atoms with Gasteiger partial charge < -0.3 is 4.74 Å². The average molecular weight is 282 g/mol.